The third-order valence-corrected chi connectivity index (χ3v) is 6.86. The Labute approximate surface area is 221 Å². The van der Waals surface area contributed by atoms with E-state index >= 15 is 0 Å². The largest absolute Gasteiger partial charge is 0.497 e. The summed E-state index contributed by atoms with van der Waals surface area (Å²) in [6.07, 6.45) is 1.67. The number of ether oxygens (including phenoxy) is 2. The molecule has 2 aromatic carbocycles. The average Bonchev–Trinajstić information content (AvgIpc) is 3.30. The van der Waals surface area contributed by atoms with Crippen LogP contribution in [0.2, 0.25) is 0 Å². The summed E-state index contributed by atoms with van der Waals surface area (Å²) in [6, 6.07) is 18.4. The van der Waals surface area contributed by atoms with E-state index in [0.29, 0.717) is 36.0 Å². The van der Waals surface area contributed by atoms with Gasteiger partial charge in [-0.25, -0.2) is 4.98 Å². The molecule has 0 spiro atoms. The van der Waals surface area contributed by atoms with Crippen molar-refractivity contribution in [2.75, 3.05) is 52.8 Å². The minimum Gasteiger partial charge on any atom is -0.497 e. The van der Waals surface area contributed by atoms with E-state index in [2.05, 4.69) is 22.2 Å². The van der Waals surface area contributed by atoms with Crippen LogP contribution in [0.1, 0.15) is 20.8 Å². The molecule has 9 nitrogen and oxygen atoms in total. The second-order valence-electron chi connectivity index (χ2n) is 9.35. The van der Waals surface area contributed by atoms with Gasteiger partial charge in [0.2, 0.25) is 5.88 Å². The highest BCUT2D eigenvalue weighted by atomic mass is 16.5. The number of aromatic nitrogens is 2. The number of Topliss-reactive ketones (excluding diaryl/α,β-unsaturated/α-hetero) is 1. The molecule has 9 heteroatoms. The van der Waals surface area contributed by atoms with Crippen molar-refractivity contribution in [3.63, 3.8) is 0 Å². The topological polar surface area (TPSA) is 88.9 Å². The van der Waals surface area contributed by atoms with Gasteiger partial charge in [-0.3, -0.25) is 9.59 Å². The van der Waals surface area contributed by atoms with Gasteiger partial charge >= 0.3 is 0 Å². The molecule has 0 bridgehead atoms. The van der Waals surface area contributed by atoms with E-state index in [0.717, 1.165) is 35.4 Å². The number of anilines is 2. The summed E-state index contributed by atoms with van der Waals surface area (Å²) in [5.41, 5.74) is 3.51. The summed E-state index contributed by atoms with van der Waals surface area (Å²) in [7, 11) is 5.22. The van der Waals surface area contributed by atoms with Crippen LogP contribution >= 0.6 is 0 Å². The van der Waals surface area contributed by atoms with E-state index in [1.54, 1.807) is 50.7 Å². The molecule has 1 amide bonds. The standard InChI is InChI=1S/C29H31N5O4/c1-32-12-14-33(15-13-32)29(36)26-16-21-4-7-22(31-23-10-11-30-28(18-23)38-3)17-25(21)34(26)19-27(35)20-5-8-24(37-2)9-6-20/h4-11,16-18H,12-15,19H2,1-3H3,(H,30,31). The van der Waals surface area contributed by atoms with E-state index in [-0.39, 0.29) is 18.2 Å². The number of hydrogen-bond donors (Lipinski definition) is 1. The molecule has 5 rings (SSSR count). The third kappa shape index (κ3) is 5.33. The SMILES string of the molecule is COc1ccc(C(=O)Cn2c(C(=O)N3CCN(C)CC3)cc3ccc(Nc4ccnc(OC)c4)cc32)cc1. The summed E-state index contributed by atoms with van der Waals surface area (Å²) >= 11 is 0. The first-order valence-electron chi connectivity index (χ1n) is 12.5. The maximum Gasteiger partial charge on any atom is 0.270 e. The maximum atomic E-state index is 13.7. The van der Waals surface area contributed by atoms with Gasteiger partial charge in [0.25, 0.3) is 5.91 Å². The summed E-state index contributed by atoms with van der Waals surface area (Å²) in [4.78, 5) is 35.3. The van der Waals surface area contributed by atoms with Crippen molar-refractivity contribution >= 4 is 34.0 Å². The minimum atomic E-state index is -0.0881. The van der Waals surface area contributed by atoms with Crippen LogP contribution in [-0.2, 0) is 6.54 Å². The number of ketones is 1. The molecule has 196 valence electrons. The number of piperazine rings is 1. The molecule has 1 saturated heterocycles. The number of rotatable bonds is 8. The average molecular weight is 514 g/mol. The zero-order chi connectivity index (χ0) is 26.6. The van der Waals surface area contributed by atoms with Gasteiger partial charge < -0.3 is 29.2 Å². The fourth-order valence-corrected chi connectivity index (χ4v) is 4.63. The number of carbonyl (C=O) groups excluding carboxylic acids is 2. The number of likely N-dealkylation sites (N-methyl/N-ethyl adjacent to an activating group) is 1. The summed E-state index contributed by atoms with van der Waals surface area (Å²) in [5.74, 6) is 1.03. The van der Waals surface area contributed by atoms with Gasteiger partial charge in [0, 0.05) is 60.8 Å². The molecule has 0 aliphatic carbocycles. The van der Waals surface area contributed by atoms with Crippen molar-refractivity contribution in [1.82, 2.24) is 19.4 Å². The lowest BCUT2D eigenvalue weighted by molar-refractivity contribution is 0.0653. The van der Waals surface area contributed by atoms with Crippen molar-refractivity contribution in [1.29, 1.82) is 0 Å². The van der Waals surface area contributed by atoms with Gasteiger partial charge in [-0.15, -0.1) is 0 Å². The highest BCUT2D eigenvalue weighted by molar-refractivity contribution is 6.02. The van der Waals surface area contributed by atoms with Crippen LogP contribution in [-0.4, -0.2) is 78.5 Å². The highest BCUT2D eigenvalue weighted by Gasteiger charge is 2.25. The number of methoxy groups -OCH3 is 2. The van der Waals surface area contributed by atoms with Gasteiger partial charge in [0.05, 0.1) is 26.3 Å². The van der Waals surface area contributed by atoms with E-state index in [1.165, 1.54) is 0 Å². The van der Waals surface area contributed by atoms with E-state index in [9.17, 15) is 9.59 Å². The lowest BCUT2D eigenvalue weighted by Crippen LogP contribution is -2.47. The van der Waals surface area contributed by atoms with Crippen LogP contribution in [0.25, 0.3) is 10.9 Å². The molecule has 4 aromatic rings. The van der Waals surface area contributed by atoms with Gasteiger partial charge in [-0.1, -0.05) is 6.07 Å². The lowest BCUT2D eigenvalue weighted by Gasteiger charge is -2.32. The molecule has 0 atom stereocenters. The van der Waals surface area contributed by atoms with Gasteiger partial charge in [0.15, 0.2) is 5.78 Å². The van der Waals surface area contributed by atoms with Crippen molar-refractivity contribution < 1.29 is 19.1 Å². The van der Waals surface area contributed by atoms with Crippen molar-refractivity contribution in [2.24, 2.45) is 0 Å². The van der Waals surface area contributed by atoms with Crippen molar-refractivity contribution in [2.45, 2.75) is 6.54 Å². The molecule has 1 aliphatic heterocycles. The molecule has 0 radical (unpaired) electrons. The zero-order valence-electron chi connectivity index (χ0n) is 21.8. The first kappa shape index (κ1) is 25.3. The van der Waals surface area contributed by atoms with Crippen molar-refractivity contribution in [3.8, 4) is 11.6 Å². The van der Waals surface area contributed by atoms with E-state index in [4.69, 9.17) is 9.47 Å². The Kier molecular flexibility index (Phi) is 7.28. The van der Waals surface area contributed by atoms with Gasteiger partial charge in [-0.05, 0) is 55.6 Å². The molecule has 1 fully saturated rings. The molecule has 2 aromatic heterocycles. The first-order chi connectivity index (χ1) is 18.4. The molecule has 1 N–H and O–H groups in total. The van der Waals surface area contributed by atoms with Gasteiger partial charge in [0.1, 0.15) is 11.4 Å². The number of nitrogens with zero attached hydrogens (tertiary/aromatic N) is 4. The van der Waals surface area contributed by atoms with Crippen LogP contribution in [0, 0.1) is 0 Å². The summed E-state index contributed by atoms with van der Waals surface area (Å²) < 4.78 is 12.3. The Morgan fingerprint density at radius 1 is 0.895 bits per heavy atom. The zero-order valence-corrected chi connectivity index (χ0v) is 21.8. The number of nitrogens with one attached hydrogen (secondary N) is 1. The maximum absolute atomic E-state index is 13.7. The number of carbonyl (C=O) groups is 2. The third-order valence-electron chi connectivity index (χ3n) is 6.86. The molecule has 1 aliphatic rings. The minimum absolute atomic E-state index is 0.0389. The fraction of sp³-hybridized carbons (Fsp3) is 0.276. The Bertz CT molecular complexity index is 1460. The predicted molar refractivity (Wildman–Crippen MR) is 147 cm³/mol. The number of pyridine rings is 1. The lowest BCUT2D eigenvalue weighted by atomic mass is 10.1. The Balaban J connectivity index is 1.51. The van der Waals surface area contributed by atoms with E-state index < -0.39 is 0 Å². The summed E-state index contributed by atoms with van der Waals surface area (Å²) in [6.45, 7) is 2.98. The van der Waals surface area contributed by atoms with E-state index in [1.807, 2.05) is 39.8 Å². The second kappa shape index (κ2) is 10.9. The number of amides is 1. The van der Waals surface area contributed by atoms with Gasteiger partial charge in [-0.2, -0.15) is 0 Å². The van der Waals surface area contributed by atoms with Crippen LogP contribution in [0.5, 0.6) is 11.6 Å². The van der Waals surface area contributed by atoms with Crippen molar-refractivity contribution in [3.05, 3.63) is 78.1 Å². The molecular weight excluding hydrogens is 482 g/mol. The smallest absolute Gasteiger partial charge is 0.270 e. The van der Waals surface area contributed by atoms with Crippen LogP contribution < -0.4 is 14.8 Å². The Morgan fingerprint density at radius 2 is 1.63 bits per heavy atom. The van der Waals surface area contributed by atoms with Crippen LogP contribution in [0.3, 0.4) is 0 Å². The monoisotopic (exact) mass is 513 g/mol. The number of fused-ring (bicyclic) bond motifs is 1. The predicted octanol–water partition coefficient (Wildman–Crippen LogP) is 4.07. The van der Waals surface area contributed by atoms with Crippen LogP contribution in [0.15, 0.2) is 66.9 Å². The molecule has 3 heterocycles. The molecule has 0 unspecified atom stereocenters. The number of hydrogen-bond acceptors (Lipinski definition) is 7. The molecular formula is C29H31N5O4. The fourth-order valence-electron chi connectivity index (χ4n) is 4.63. The quantitative estimate of drug-likeness (QED) is 0.355. The summed E-state index contributed by atoms with van der Waals surface area (Å²) in [5, 5.41) is 4.26. The molecule has 38 heavy (non-hydrogen) atoms. The number of benzene rings is 2. The normalized spacial score (nSPS) is 13.9. The highest BCUT2D eigenvalue weighted by Crippen LogP contribution is 2.28. The Hall–Kier alpha value is -4.37. The van der Waals surface area contributed by atoms with Crippen LogP contribution in [0.4, 0.5) is 11.4 Å². The Morgan fingerprint density at radius 3 is 2.34 bits per heavy atom. The second-order valence-corrected chi connectivity index (χ2v) is 9.35. The first-order valence-corrected chi connectivity index (χ1v) is 12.5. The molecule has 0 saturated carbocycles.